The topological polar surface area (TPSA) is 69.7 Å². The molecular formula is C10H15N3O3S. The number of rotatable bonds is 2. The van der Waals surface area contributed by atoms with Gasteiger partial charge in [0.15, 0.2) is 0 Å². The zero-order valence-electron chi connectivity index (χ0n) is 9.48. The summed E-state index contributed by atoms with van der Waals surface area (Å²) < 4.78 is 0. The van der Waals surface area contributed by atoms with E-state index in [1.165, 1.54) is 11.8 Å². The number of hydrogen-bond acceptors (Lipinski definition) is 4. The molecule has 2 fully saturated rings. The quantitative estimate of drug-likeness (QED) is 0.679. The second-order valence-corrected chi connectivity index (χ2v) is 5.01. The Bertz CT molecular complexity index is 348. The smallest absolute Gasteiger partial charge is 0.242 e. The van der Waals surface area contributed by atoms with Crippen LogP contribution in [0.15, 0.2) is 0 Å². The summed E-state index contributed by atoms with van der Waals surface area (Å²) in [5.74, 6) is 0.987. The van der Waals surface area contributed by atoms with Gasteiger partial charge >= 0.3 is 0 Å². The molecular weight excluding hydrogens is 242 g/mol. The molecule has 0 bridgehead atoms. The summed E-state index contributed by atoms with van der Waals surface area (Å²) in [5.41, 5.74) is 0. The molecule has 0 aromatic rings. The van der Waals surface area contributed by atoms with E-state index in [1.807, 2.05) is 0 Å². The first kappa shape index (κ1) is 12.2. The highest BCUT2D eigenvalue weighted by Gasteiger charge is 2.26. The fourth-order valence-corrected chi connectivity index (χ4v) is 2.72. The van der Waals surface area contributed by atoms with Crippen molar-refractivity contribution in [2.45, 2.75) is 6.42 Å². The van der Waals surface area contributed by atoms with Gasteiger partial charge in [-0.05, 0) is 0 Å². The van der Waals surface area contributed by atoms with Crippen LogP contribution < -0.4 is 5.32 Å². The Morgan fingerprint density at radius 2 is 2.18 bits per heavy atom. The average Bonchev–Trinajstić information content (AvgIpc) is 2.57. The molecule has 0 aliphatic carbocycles. The van der Waals surface area contributed by atoms with E-state index in [2.05, 4.69) is 5.32 Å². The predicted octanol–water partition coefficient (Wildman–Crippen LogP) is -1.13. The minimum Gasteiger partial charge on any atom is -0.354 e. The van der Waals surface area contributed by atoms with Crippen LogP contribution in [0.4, 0.5) is 0 Å². The second kappa shape index (κ2) is 5.39. The summed E-state index contributed by atoms with van der Waals surface area (Å²) >= 11 is 1.52. The van der Waals surface area contributed by atoms with Crippen molar-refractivity contribution >= 4 is 29.5 Å². The fraction of sp³-hybridized carbons (Fsp3) is 0.700. The third kappa shape index (κ3) is 3.12. The Kier molecular flexibility index (Phi) is 3.88. The molecule has 2 aliphatic heterocycles. The second-order valence-electron chi connectivity index (χ2n) is 4.05. The standard InChI is InChI=1S/C10H15N3O3S/c14-8-1-3-12(4-2-11-8)9(15)5-13-7-17-6-10(13)16/h1-7H2,(H,11,14). The maximum atomic E-state index is 11.9. The van der Waals surface area contributed by atoms with E-state index in [9.17, 15) is 14.4 Å². The number of amides is 3. The van der Waals surface area contributed by atoms with Crippen molar-refractivity contribution in [2.75, 3.05) is 37.8 Å². The number of thioether (sulfide) groups is 1. The largest absolute Gasteiger partial charge is 0.354 e. The van der Waals surface area contributed by atoms with Gasteiger partial charge in [0, 0.05) is 26.1 Å². The number of carbonyl (C=O) groups excluding carboxylic acids is 3. The molecule has 7 heteroatoms. The summed E-state index contributed by atoms with van der Waals surface area (Å²) in [6.07, 6.45) is 0.342. The van der Waals surface area contributed by atoms with E-state index in [4.69, 9.17) is 0 Å². The van der Waals surface area contributed by atoms with Crippen molar-refractivity contribution in [3.63, 3.8) is 0 Å². The molecule has 0 aromatic heterocycles. The van der Waals surface area contributed by atoms with E-state index in [0.29, 0.717) is 37.7 Å². The average molecular weight is 257 g/mol. The molecule has 17 heavy (non-hydrogen) atoms. The van der Waals surface area contributed by atoms with Crippen LogP contribution in [0, 0.1) is 0 Å². The lowest BCUT2D eigenvalue weighted by molar-refractivity contribution is -0.137. The van der Waals surface area contributed by atoms with Crippen molar-refractivity contribution < 1.29 is 14.4 Å². The Labute approximate surface area is 104 Å². The van der Waals surface area contributed by atoms with Crippen molar-refractivity contribution in [2.24, 2.45) is 0 Å². The first-order chi connectivity index (χ1) is 8.16. The van der Waals surface area contributed by atoms with Gasteiger partial charge in [-0.25, -0.2) is 0 Å². The van der Waals surface area contributed by atoms with Crippen LogP contribution in [0.5, 0.6) is 0 Å². The van der Waals surface area contributed by atoms with Gasteiger partial charge in [-0.2, -0.15) is 0 Å². The summed E-state index contributed by atoms with van der Waals surface area (Å²) in [6, 6.07) is 0. The lowest BCUT2D eigenvalue weighted by Gasteiger charge is -2.22. The van der Waals surface area contributed by atoms with Crippen molar-refractivity contribution in [1.29, 1.82) is 0 Å². The highest BCUT2D eigenvalue weighted by atomic mass is 32.2. The number of carbonyl (C=O) groups is 3. The molecule has 0 radical (unpaired) electrons. The van der Waals surface area contributed by atoms with Gasteiger partial charge in [-0.1, -0.05) is 0 Å². The van der Waals surface area contributed by atoms with Crippen LogP contribution in [-0.2, 0) is 14.4 Å². The van der Waals surface area contributed by atoms with Crippen LogP contribution in [0.3, 0.4) is 0 Å². The molecule has 6 nitrogen and oxygen atoms in total. The van der Waals surface area contributed by atoms with E-state index < -0.39 is 0 Å². The Balaban J connectivity index is 1.86. The zero-order chi connectivity index (χ0) is 12.3. The Hall–Kier alpha value is -1.24. The van der Waals surface area contributed by atoms with E-state index in [1.54, 1.807) is 9.80 Å². The van der Waals surface area contributed by atoms with Gasteiger partial charge < -0.3 is 15.1 Å². The van der Waals surface area contributed by atoms with Gasteiger partial charge in [-0.3, -0.25) is 14.4 Å². The van der Waals surface area contributed by atoms with E-state index >= 15 is 0 Å². The van der Waals surface area contributed by atoms with Gasteiger partial charge in [0.25, 0.3) is 0 Å². The third-order valence-corrected chi connectivity index (χ3v) is 3.76. The lowest BCUT2D eigenvalue weighted by Crippen LogP contribution is -2.42. The zero-order valence-corrected chi connectivity index (χ0v) is 10.3. The normalized spacial score (nSPS) is 21.4. The van der Waals surface area contributed by atoms with Crippen LogP contribution >= 0.6 is 11.8 Å². The minimum atomic E-state index is -0.0719. The summed E-state index contributed by atoms with van der Waals surface area (Å²) in [5, 5.41) is 2.71. The molecule has 2 aliphatic rings. The minimum absolute atomic E-state index is 0.0203. The lowest BCUT2D eigenvalue weighted by atomic mass is 10.3. The molecule has 1 N–H and O–H groups in total. The van der Waals surface area contributed by atoms with Crippen LogP contribution in [0.25, 0.3) is 0 Å². The Morgan fingerprint density at radius 3 is 2.88 bits per heavy atom. The van der Waals surface area contributed by atoms with Crippen molar-refractivity contribution in [3.8, 4) is 0 Å². The summed E-state index contributed by atoms with van der Waals surface area (Å²) in [6.45, 7) is 1.60. The van der Waals surface area contributed by atoms with Crippen LogP contribution in [0.2, 0.25) is 0 Å². The number of nitrogens with one attached hydrogen (secondary N) is 1. The molecule has 0 unspecified atom stereocenters. The monoisotopic (exact) mass is 257 g/mol. The van der Waals surface area contributed by atoms with Gasteiger partial charge in [0.1, 0.15) is 6.54 Å². The molecule has 0 saturated carbocycles. The maximum Gasteiger partial charge on any atom is 0.242 e. The Morgan fingerprint density at radius 1 is 1.35 bits per heavy atom. The van der Waals surface area contributed by atoms with Crippen molar-refractivity contribution in [1.82, 2.24) is 15.1 Å². The summed E-state index contributed by atoms with van der Waals surface area (Å²) in [7, 11) is 0. The molecule has 94 valence electrons. The SMILES string of the molecule is O=C1CCN(C(=O)CN2CSCC2=O)CCN1. The third-order valence-electron chi connectivity index (χ3n) is 2.82. The number of hydrogen-bond donors (Lipinski definition) is 1. The van der Waals surface area contributed by atoms with Gasteiger partial charge in [0.05, 0.1) is 11.6 Å². The first-order valence-electron chi connectivity index (χ1n) is 5.57. The summed E-state index contributed by atoms with van der Waals surface area (Å²) in [4.78, 5) is 37.7. The van der Waals surface area contributed by atoms with Gasteiger partial charge in [-0.15, -0.1) is 11.8 Å². The molecule has 0 aromatic carbocycles. The molecule has 2 saturated heterocycles. The van der Waals surface area contributed by atoms with E-state index in [0.717, 1.165) is 0 Å². The fourth-order valence-electron chi connectivity index (χ4n) is 1.82. The predicted molar refractivity (Wildman–Crippen MR) is 63.2 cm³/mol. The van der Waals surface area contributed by atoms with E-state index in [-0.39, 0.29) is 24.3 Å². The highest BCUT2D eigenvalue weighted by molar-refractivity contribution is 8.00. The van der Waals surface area contributed by atoms with Gasteiger partial charge in [0.2, 0.25) is 17.7 Å². The highest BCUT2D eigenvalue weighted by Crippen LogP contribution is 2.14. The van der Waals surface area contributed by atoms with Crippen LogP contribution in [0.1, 0.15) is 6.42 Å². The molecule has 0 spiro atoms. The van der Waals surface area contributed by atoms with Crippen LogP contribution in [-0.4, -0.2) is 65.3 Å². The molecule has 0 atom stereocenters. The maximum absolute atomic E-state index is 11.9. The molecule has 3 amide bonds. The van der Waals surface area contributed by atoms with Crippen molar-refractivity contribution in [3.05, 3.63) is 0 Å². The first-order valence-corrected chi connectivity index (χ1v) is 6.72. The number of nitrogens with zero attached hydrogens (tertiary/aromatic N) is 2. The molecule has 2 heterocycles. The molecule has 2 rings (SSSR count).